The number of hydrogen-bond donors (Lipinski definition) is 2. The van der Waals surface area contributed by atoms with Crippen LogP contribution in [0, 0.1) is 6.92 Å². The first kappa shape index (κ1) is 21.4. The van der Waals surface area contributed by atoms with Crippen molar-refractivity contribution in [3.63, 3.8) is 0 Å². The number of oxazole rings is 1. The minimum atomic E-state index is -0.803. The van der Waals surface area contributed by atoms with E-state index in [-0.39, 0.29) is 6.42 Å². The third kappa shape index (κ3) is 5.60. The number of carbonyl (C=O) groups excluding carboxylic acids is 2. The Kier molecular flexibility index (Phi) is 7.08. The number of nitrogens with zero attached hydrogens (tertiary/aromatic N) is 1. The van der Waals surface area contributed by atoms with Gasteiger partial charge >= 0.3 is 0 Å². The average Bonchev–Trinajstić information content (AvgIpc) is 3.38. The normalized spacial score (nSPS) is 11.6. The SMILES string of the molecule is CCOc1ccc(OC(C)C(=O)NNC(=O)Cc2nc(-c3cccs3)oc2C)cc1. The fourth-order valence-corrected chi connectivity index (χ4v) is 3.21. The van der Waals surface area contributed by atoms with Crippen LogP contribution in [0.1, 0.15) is 25.3 Å². The lowest BCUT2D eigenvalue weighted by Crippen LogP contribution is -2.47. The molecular weight excluding hydrogens is 406 g/mol. The van der Waals surface area contributed by atoms with E-state index in [9.17, 15) is 9.59 Å². The number of benzene rings is 1. The van der Waals surface area contributed by atoms with Gasteiger partial charge in [0.15, 0.2) is 6.10 Å². The Hall–Kier alpha value is -3.33. The lowest BCUT2D eigenvalue weighted by Gasteiger charge is -2.15. The molecule has 0 saturated heterocycles. The molecule has 0 saturated carbocycles. The van der Waals surface area contributed by atoms with Crippen LogP contribution < -0.4 is 20.3 Å². The molecule has 1 unspecified atom stereocenters. The fourth-order valence-electron chi connectivity index (χ4n) is 2.57. The summed E-state index contributed by atoms with van der Waals surface area (Å²) in [7, 11) is 0. The Labute approximate surface area is 178 Å². The van der Waals surface area contributed by atoms with Crippen molar-refractivity contribution in [2.75, 3.05) is 6.61 Å². The Morgan fingerprint density at radius 2 is 1.90 bits per heavy atom. The van der Waals surface area contributed by atoms with E-state index in [4.69, 9.17) is 13.9 Å². The van der Waals surface area contributed by atoms with Crippen LogP contribution in [-0.4, -0.2) is 29.5 Å². The average molecular weight is 429 g/mol. The molecule has 1 aromatic carbocycles. The van der Waals surface area contributed by atoms with Gasteiger partial charge in [0.1, 0.15) is 17.3 Å². The van der Waals surface area contributed by atoms with Crippen molar-refractivity contribution >= 4 is 23.2 Å². The van der Waals surface area contributed by atoms with Gasteiger partial charge in [-0.1, -0.05) is 6.07 Å². The smallest absolute Gasteiger partial charge is 0.279 e. The second-order valence-corrected chi connectivity index (χ2v) is 7.33. The molecule has 3 rings (SSSR count). The van der Waals surface area contributed by atoms with Gasteiger partial charge in [0.25, 0.3) is 5.91 Å². The summed E-state index contributed by atoms with van der Waals surface area (Å²) >= 11 is 1.50. The van der Waals surface area contributed by atoms with E-state index in [0.717, 1.165) is 10.6 Å². The molecule has 30 heavy (non-hydrogen) atoms. The summed E-state index contributed by atoms with van der Waals surface area (Å²) in [6, 6.07) is 10.7. The van der Waals surface area contributed by atoms with Gasteiger partial charge in [0.2, 0.25) is 11.8 Å². The highest BCUT2D eigenvalue weighted by molar-refractivity contribution is 7.13. The largest absolute Gasteiger partial charge is 0.494 e. The Bertz CT molecular complexity index is 983. The predicted molar refractivity (Wildman–Crippen MR) is 112 cm³/mol. The van der Waals surface area contributed by atoms with Crippen molar-refractivity contribution in [1.82, 2.24) is 15.8 Å². The maximum absolute atomic E-state index is 12.2. The number of amides is 2. The van der Waals surface area contributed by atoms with E-state index in [1.165, 1.54) is 11.3 Å². The molecular formula is C21H23N3O5S. The van der Waals surface area contributed by atoms with Crippen molar-refractivity contribution in [3.05, 3.63) is 53.2 Å². The first-order chi connectivity index (χ1) is 14.5. The van der Waals surface area contributed by atoms with Crippen molar-refractivity contribution in [2.24, 2.45) is 0 Å². The predicted octanol–water partition coefficient (Wildman–Crippen LogP) is 3.27. The van der Waals surface area contributed by atoms with E-state index < -0.39 is 17.9 Å². The second-order valence-electron chi connectivity index (χ2n) is 6.38. The van der Waals surface area contributed by atoms with Crippen LogP contribution >= 0.6 is 11.3 Å². The van der Waals surface area contributed by atoms with Gasteiger partial charge in [0.05, 0.1) is 23.6 Å². The molecule has 0 aliphatic rings. The quantitative estimate of drug-likeness (QED) is 0.533. The monoisotopic (exact) mass is 429 g/mol. The Morgan fingerprint density at radius 3 is 2.57 bits per heavy atom. The first-order valence-corrected chi connectivity index (χ1v) is 10.3. The zero-order chi connectivity index (χ0) is 21.5. The standard InChI is InChI=1S/C21H23N3O5S/c1-4-27-15-7-9-16(10-8-15)28-14(3)20(26)24-23-19(25)12-17-13(2)29-21(22-17)18-6-5-11-30-18/h5-11,14H,4,12H2,1-3H3,(H,23,25)(H,24,26). The maximum Gasteiger partial charge on any atom is 0.279 e. The molecule has 0 aliphatic heterocycles. The van der Waals surface area contributed by atoms with Crippen LogP contribution in [0.3, 0.4) is 0 Å². The van der Waals surface area contributed by atoms with E-state index in [1.54, 1.807) is 38.1 Å². The molecule has 0 aliphatic carbocycles. The summed E-state index contributed by atoms with van der Waals surface area (Å²) in [5.74, 6) is 1.39. The molecule has 8 nitrogen and oxygen atoms in total. The maximum atomic E-state index is 12.2. The molecule has 0 bridgehead atoms. The number of aromatic nitrogens is 1. The zero-order valence-corrected chi connectivity index (χ0v) is 17.7. The van der Waals surface area contributed by atoms with E-state index in [2.05, 4.69) is 15.8 Å². The van der Waals surface area contributed by atoms with Crippen LogP contribution in [0.2, 0.25) is 0 Å². The number of hydrogen-bond acceptors (Lipinski definition) is 7. The number of ether oxygens (including phenoxy) is 2. The Balaban J connectivity index is 1.47. The number of rotatable bonds is 8. The summed E-state index contributed by atoms with van der Waals surface area (Å²) in [4.78, 5) is 29.6. The number of aryl methyl sites for hydroxylation is 1. The van der Waals surface area contributed by atoms with E-state index in [0.29, 0.717) is 29.7 Å². The molecule has 0 spiro atoms. The molecule has 0 fully saturated rings. The summed E-state index contributed by atoms with van der Waals surface area (Å²) in [5, 5.41) is 1.92. The lowest BCUT2D eigenvalue weighted by atomic mass is 10.2. The van der Waals surface area contributed by atoms with Crippen LogP contribution in [0.15, 0.2) is 46.2 Å². The van der Waals surface area contributed by atoms with Gasteiger partial charge < -0.3 is 13.9 Å². The molecule has 158 valence electrons. The van der Waals surface area contributed by atoms with Crippen molar-refractivity contribution in [2.45, 2.75) is 33.3 Å². The number of thiophene rings is 1. The number of carbonyl (C=O) groups is 2. The number of hydrazine groups is 1. The second kappa shape index (κ2) is 9.93. The Morgan fingerprint density at radius 1 is 1.17 bits per heavy atom. The molecule has 1 atom stereocenters. The minimum Gasteiger partial charge on any atom is -0.494 e. The molecule has 0 radical (unpaired) electrons. The highest BCUT2D eigenvalue weighted by Crippen LogP contribution is 2.26. The van der Waals surface area contributed by atoms with Gasteiger partial charge in [-0.3, -0.25) is 20.4 Å². The van der Waals surface area contributed by atoms with Crippen molar-refractivity contribution in [3.8, 4) is 22.3 Å². The third-order valence-electron chi connectivity index (χ3n) is 4.09. The van der Waals surface area contributed by atoms with Gasteiger partial charge in [-0.2, -0.15) is 0 Å². The molecule has 2 amide bonds. The highest BCUT2D eigenvalue weighted by Gasteiger charge is 2.18. The minimum absolute atomic E-state index is 0.0187. The summed E-state index contributed by atoms with van der Waals surface area (Å²) in [5.41, 5.74) is 5.26. The van der Waals surface area contributed by atoms with Crippen molar-refractivity contribution < 1.29 is 23.5 Å². The lowest BCUT2D eigenvalue weighted by molar-refractivity contribution is -0.132. The summed E-state index contributed by atoms with van der Waals surface area (Å²) in [6.45, 7) is 5.81. The van der Waals surface area contributed by atoms with Gasteiger partial charge in [-0.15, -0.1) is 11.3 Å². The first-order valence-electron chi connectivity index (χ1n) is 9.44. The van der Waals surface area contributed by atoms with Gasteiger partial charge in [-0.25, -0.2) is 4.98 Å². The van der Waals surface area contributed by atoms with Crippen LogP contribution in [0.25, 0.3) is 10.8 Å². The van der Waals surface area contributed by atoms with Crippen LogP contribution in [0.4, 0.5) is 0 Å². The molecule has 2 aromatic heterocycles. The van der Waals surface area contributed by atoms with E-state index in [1.807, 2.05) is 24.4 Å². The van der Waals surface area contributed by atoms with Gasteiger partial charge in [-0.05, 0) is 56.5 Å². The zero-order valence-electron chi connectivity index (χ0n) is 16.9. The van der Waals surface area contributed by atoms with E-state index >= 15 is 0 Å². The van der Waals surface area contributed by atoms with Crippen LogP contribution in [0.5, 0.6) is 11.5 Å². The topological polar surface area (TPSA) is 103 Å². The van der Waals surface area contributed by atoms with Gasteiger partial charge in [0, 0.05) is 0 Å². The molecule has 2 N–H and O–H groups in total. The summed E-state index contributed by atoms with van der Waals surface area (Å²) in [6.07, 6.45) is -0.822. The van der Waals surface area contributed by atoms with Crippen LogP contribution in [-0.2, 0) is 16.0 Å². The molecule has 9 heteroatoms. The molecule has 3 aromatic rings. The summed E-state index contributed by atoms with van der Waals surface area (Å²) < 4.78 is 16.6. The number of nitrogens with one attached hydrogen (secondary N) is 2. The van der Waals surface area contributed by atoms with Crippen molar-refractivity contribution in [1.29, 1.82) is 0 Å². The fraction of sp³-hybridized carbons (Fsp3) is 0.286. The third-order valence-corrected chi connectivity index (χ3v) is 4.95. The molecule has 2 heterocycles. The highest BCUT2D eigenvalue weighted by atomic mass is 32.1.